The van der Waals surface area contributed by atoms with Gasteiger partial charge in [-0.05, 0) is 70.8 Å². The summed E-state index contributed by atoms with van der Waals surface area (Å²) in [6.07, 6.45) is 6.88. The highest BCUT2D eigenvalue weighted by atomic mass is 19.1. The molecule has 0 atom stereocenters. The molecule has 0 N–H and O–H groups in total. The lowest BCUT2D eigenvalue weighted by Crippen LogP contribution is -1.78. The summed E-state index contributed by atoms with van der Waals surface area (Å²) in [7, 11) is 0. The van der Waals surface area contributed by atoms with Crippen LogP contribution in [0.4, 0.5) is 8.78 Å². The first-order chi connectivity index (χ1) is 12.7. The highest BCUT2D eigenvalue weighted by Crippen LogP contribution is 2.18. The fourth-order valence-corrected chi connectivity index (χ4v) is 2.37. The van der Waals surface area contributed by atoms with Crippen molar-refractivity contribution in [2.75, 3.05) is 0 Å². The molecular weight excluding hydrogens is 330 g/mol. The molecule has 128 valence electrons. The Morgan fingerprint density at radius 1 is 0.385 bits per heavy atom. The van der Waals surface area contributed by atoms with Gasteiger partial charge in [0, 0.05) is 24.8 Å². The van der Waals surface area contributed by atoms with Gasteiger partial charge in [0.1, 0.15) is 11.6 Å². The van der Waals surface area contributed by atoms with Crippen LogP contribution in [0.25, 0.3) is 22.3 Å². The molecule has 0 amide bonds. The molecule has 0 fully saturated rings. The van der Waals surface area contributed by atoms with Crippen molar-refractivity contribution in [1.82, 2.24) is 9.97 Å². The number of hydrogen-bond acceptors (Lipinski definition) is 2. The molecule has 2 nitrogen and oxygen atoms in total. The quantitative estimate of drug-likeness (QED) is 0.460. The number of benzene rings is 2. The first-order valence-corrected chi connectivity index (χ1v) is 8.04. The first kappa shape index (κ1) is 17.4. The summed E-state index contributed by atoms with van der Waals surface area (Å²) in [5, 5.41) is 0. The van der Waals surface area contributed by atoms with Crippen molar-refractivity contribution in [3.05, 3.63) is 109 Å². The molecule has 0 aliphatic rings. The molecule has 2 heterocycles. The standard InChI is InChI=1S/2C11H8FN/c2*12-11-3-1-9(2-4-11)10-5-7-13-8-6-10/h2*1-8H. The molecule has 0 aliphatic carbocycles. The second kappa shape index (κ2) is 8.62. The summed E-state index contributed by atoms with van der Waals surface area (Å²) in [4.78, 5) is 7.83. The van der Waals surface area contributed by atoms with Gasteiger partial charge < -0.3 is 0 Å². The third kappa shape index (κ3) is 4.80. The molecular formula is C22H16F2N2. The van der Waals surface area contributed by atoms with Crippen molar-refractivity contribution < 1.29 is 8.78 Å². The first-order valence-electron chi connectivity index (χ1n) is 8.04. The maximum Gasteiger partial charge on any atom is 0.123 e. The van der Waals surface area contributed by atoms with Crippen molar-refractivity contribution >= 4 is 0 Å². The normalized spacial score (nSPS) is 9.92. The average molecular weight is 346 g/mol. The van der Waals surface area contributed by atoms with Crippen LogP contribution < -0.4 is 0 Å². The molecule has 4 rings (SSSR count). The lowest BCUT2D eigenvalue weighted by molar-refractivity contribution is 0.627. The number of nitrogens with zero attached hydrogens (tertiary/aromatic N) is 2. The Morgan fingerprint density at radius 3 is 0.962 bits per heavy atom. The molecule has 4 heteroatoms. The van der Waals surface area contributed by atoms with Crippen LogP contribution in [0.5, 0.6) is 0 Å². The molecule has 0 radical (unpaired) electrons. The fourth-order valence-electron chi connectivity index (χ4n) is 2.37. The summed E-state index contributed by atoms with van der Waals surface area (Å²) >= 11 is 0. The molecule has 0 bridgehead atoms. The van der Waals surface area contributed by atoms with Crippen LogP contribution in [0.2, 0.25) is 0 Å². The molecule has 0 unspecified atom stereocenters. The van der Waals surface area contributed by atoms with Crippen molar-refractivity contribution in [1.29, 1.82) is 0 Å². The smallest absolute Gasteiger partial charge is 0.123 e. The predicted octanol–water partition coefficient (Wildman–Crippen LogP) is 5.78. The SMILES string of the molecule is Fc1ccc(-c2ccncc2)cc1.Fc1ccc(-c2ccncc2)cc1. The molecule has 2 aromatic carbocycles. The van der Waals surface area contributed by atoms with E-state index in [0.29, 0.717) is 0 Å². The van der Waals surface area contributed by atoms with E-state index in [0.717, 1.165) is 22.3 Å². The van der Waals surface area contributed by atoms with Crippen molar-refractivity contribution in [3.63, 3.8) is 0 Å². The van der Waals surface area contributed by atoms with Gasteiger partial charge in [-0.3, -0.25) is 9.97 Å². The monoisotopic (exact) mass is 346 g/mol. The molecule has 0 saturated carbocycles. The van der Waals surface area contributed by atoms with E-state index < -0.39 is 0 Å². The Morgan fingerprint density at radius 2 is 0.654 bits per heavy atom. The molecule has 0 saturated heterocycles. The second-order valence-corrected chi connectivity index (χ2v) is 5.49. The van der Waals surface area contributed by atoms with Crippen molar-refractivity contribution in [2.45, 2.75) is 0 Å². The number of hydrogen-bond donors (Lipinski definition) is 0. The zero-order valence-electron chi connectivity index (χ0n) is 13.9. The van der Waals surface area contributed by atoms with Crippen LogP contribution in [0.1, 0.15) is 0 Å². The molecule has 4 aromatic rings. The van der Waals surface area contributed by atoms with E-state index in [9.17, 15) is 8.78 Å². The van der Waals surface area contributed by atoms with Gasteiger partial charge in [-0.1, -0.05) is 24.3 Å². The summed E-state index contributed by atoms with van der Waals surface area (Å²) in [5.41, 5.74) is 4.11. The second-order valence-electron chi connectivity index (χ2n) is 5.49. The number of rotatable bonds is 2. The third-order valence-corrected chi connectivity index (χ3v) is 3.72. The highest BCUT2D eigenvalue weighted by Gasteiger charge is 1.96. The fraction of sp³-hybridized carbons (Fsp3) is 0. The third-order valence-electron chi connectivity index (χ3n) is 3.72. The van der Waals surface area contributed by atoms with E-state index in [1.54, 1.807) is 49.1 Å². The van der Waals surface area contributed by atoms with Gasteiger partial charge >= 0.3 is 0 Å². The van der Waals surface area contributed by atoms with E-state index >= 15 is 0 Å². The Balaban J connectivity index is 0.000000151. The number of halogens is 2. The molecule has 0 spiro atoms. The topological polar surface area (TPSA) is 25.8 Å². The maximum absolute atomic E-state index is 12.6. The van der Waals surface area contributed by atoms with Crippen LogP contribution in [0, 0.1) is 11.6 Å². The van der Waals surface area contributed by atoms with Gasteiger partial charge in [0.25, 0.3) is 0 Å². The largest absolute Gasteiger partial charge is 0.265 e. The summed E-state index contributed by atoms with van der Waals surface area (Å²) < 4.78 is 25.2. The molecule has 2 aromatic heterocycles. The average Bonchev–Trinajstić information content (AvgIpc) is 2.71. The summed E-state index contributed by atoms with van der Waals surface area (Å²) in [6, 6.07) is 20.4. The Labute approximate surface area is 150 Å². The zero-order chi connectivity index (χ0) is 18.2. The maximum atomic E-state index is 12.6. The zero-order valence-corrected chi connectivity index (χ0v) is 13.9. The molecule has 26 heavy (non-hydrogen) atoms. The Hall–Kier alpha value is -3.40. The van der Waals surface area contributed by atoms with Crippen molar-refractivity contribution in [3.8, 4) is 22.3 Å². The summed E-state index contributed by atoms with van der Waals surface area (Å²) in [6.45, 7) is 0. The van der Waals surface area contributed by atoms with E-state index in [1.165, 1.54) is 24.3 Å². The van der Waals surface area contributed by atoms with Gasteiger partial charge in [0.2, 0.25) is 0 Å². The van der Waals surface area contributed by atoms with Crippen LogP contribution in [-0.2, 0) is 0 Å². The Bertz CT molecular complexity index is 842. The van der Waals surface area contributed by atoms with Gasteiger partial charge in [0.05, 0.1) is 0 Å². The lowest BCUT2D eigenvalue weighted by Gasteiger charge is -1.99. The minimum absolute atomic E-state index is 0.210. The minimum atomic E-state index is -0.210. The number of pyridine rings is 2. The highest BCUT2D eigenvalue weighted by molar-refractivity contribution is 5.63. The predicted molar refractivity (Wildman–Crippen MR) is 99.3 cm³/mol. The van der Waals surface area contributed by atoms with Crippen LogP contribution in [0.15, 0.2) is 97.6 Å². The van der Waals surface area contributed by atoms with E-state index in [-0.39, 0.29) is 11.6 Å². The summed E-state index contributed by atoms with van der Waals surface area (Å²) in [5.74, 6) is -0.421. The van der Waals surface area contributed by atoms with Crippen LogP contribution in [-0.4, -0.2) is 9.97 Å². The van der Waals surface area contributed by atoms with Gasteiger partial charge in [-0.25, -0.2) is 8.78 Å². The van der Waals surface area contributed by atoms with Crippen molar-refractivity contribution in [2.24, 2.45) is 0 Å². The van der Waals surface area contributed by atoms with Gasteiger partial charge in [-0.15, -0.1) is 0 Å². The van der Waals surface area contributed by atoms with Gasteiger partial charge in [0.15, 0.2) is 0 Å². The Kier molecular flexibility index (Phi) is 5.78. The number of aromatic nitrogens is 2. The molecule has 0 aliphatic heterocycles. The minimum Gasteiger partial charge on any atom is -0.265 e. The lowest BCUT2D eigenvalue weighted by atomic mass is 10.1. The van der Waals surface area contributed by atoms with E-state index in [2.05, 4.69) is 9.97 Å². The van der Waals surface area contributed by atoms with E-state index in [1.807, 2.05) is 24.3 Å². The van der Waals surface area contributed by atoms with E-state index in [4.69, 9.17) is 0 Å². The van der Waals surface area contributed by atoms with Crippen LogP contribution in [0.3, 0.4) is 0 Å². The van der Waals surface area contributed by atoms with Gasteiger partial charge in [-0.2, -0.15) is 0 Å². The van der Waals surface area contributed by atoms with Crippen LogP contribution >= 0.6 is 0 Å².